The second-order valence-corrected chi connectivity index (χ2v) is 7.48. The number of nitrogens with zero attached hydrogens (tertiary/aromatic N) is 8. The standard InChI is InChI=1S/C18H19F3N8/c1-11-25-26-16-15(22-6-9-28(11)16)29-8-4-12-3-7-27(10-13(12)29)17-23-5-2-14(24-17)18(19,20)21/h2,5-6,9,12-13H,3-4,7-8,10H2,1H3. The lowest BCUT2D eigenvalue weighted by Gasteiger charge is -2.38. The van der Waals surface area contributed by atoms with Gasteiger partial charge in [0, 0.05) is 38.2 Å². The maximum atomic E-state index is 13.0. The number of fused-ring (bicyclic) bond motifs is 2. The summed E-state index contributed by atoms with van der Waals surface area (Å²) in [4.78, 5) is 16.4. The van der Waals surface area contributed by atoms with Crippen molar-refractivity contribution in [2.24, 2.45) is 5.92 Å². The van der Waals surface area contributed by atoms with Gasteiger partial charge in [0.25, 0.3) is 0 Å². The van der Waals surface area contributed by atoms with Gasteiger partial charge < -0.3 is 9.80 Å². The highest BCUT2D eigenvalue weighted by atomic mass is 19.4. The van der Waals surface area contributed by atoms with E-state index in [1.165, 1.54) is 6.20 Å². The Labute approximate surface area is 164 Å². The van der Waals surface area contributed by atoms with Gasteiger partial charge in [0.05, 0.1) is 6.04 Å². The van der Waals surface area contributed by atoms with Gasteiger partial charge in [-0.05, 0) is 31.7 Å². The number of piperidine rings is 1. The van der Waals surface area contributed by atoms with Crippen LogP contribution in [0, 0.1) is 12.8 Å². The van der Waals surface area contributed by atoms with Gasteiger partial charge in [0.15, 0.2) is 5.82 Å². The molecular formula is C18H19F3N8. The van der Waals surface area contributed by atoms with Crippen molar-refractivity contribution in [1.29, 1.82) is 0 Å². The van der Waals surface area contributed by atoms with E-state index in [0.29, 0.717) is 24.7 Å². The molecular weight excluding hydrogens is 385 g/mol. The maximum Gasteiger partial charge on any atom is 0.433 e. The third-order valence-corrected chi connectivity index (χ3v) is 5.83. The number of alkyl halides is 3. The fourth-order valence-electron chi connectivity index (χ4n) is 4.38. The molecule has 5 rings (SSSR count). The Kier molecular flexibility index (Phi) is 4.07. The summed E-state index contributed by atoms with van der Waals surface area (Å²) in [5, 5.41) is 8.40. The van der Waals surface area contributed by atoms with Crippen molar-refractivity contribution < 1.29 is 13.2 Å². The van der Waals surface area contributed by atoms with Crippen LogP contribution in [0.5, 0.6) is 0 Å². The van der Waals surface area contributed by atoms with E-state index in [2.05, 4.69) is 30.0 Å². The molecule has 0 saturated carbocycles. The fraction of sp³-hybridized carbons (Fsp3) is 0.500. The predicted octanol–water partition coefficient (Wildman–Crippen LogP) is 2.35. The zero-order valence-corrected chi connectivity index (χ0v) is 15.7. The van der Waals surface area contributed by atoms with Gasteiger partial charge in [-0.25, -0.2) is 15.0 Å². The molecule has 2 aliphatic rings. The van der Waals surface area contributed by atoms with Crippen LogP contribution in [0.15, 0.2) is 24.7 Å². The lowest BCUT2D eigenvalue weighted by Crippen LogP contribution is -2.49. The molecule has 2 aliphatic heterocycles. The SMILES string of the molecule is Cc1nnc2c(N3CCC4CCN(c5nccc(C(F)(F)F)n5)CC43)nccn12. The Hall–Kier alpha value is -2.98. The Morgan fingerprint density at radius 3 is 2.72 bits per heavy atom. The highest BCUT2D eigenvalue weighted by Crippen LogP contribution is 2.37. The number of anilines is 2. The molecule has 0 N–H and O–H groups in total. The van der Waals surface area contributed by atoms with E-state index < -0.39 is 11.9 Å². The number of aromatic nitrogens is 6. The highest BCUT2D eigenvalue weighted by molar-refractivity contribution is 5.65. The molecule has 29 heavy (non-hydrogen) atoms. The molecule has 0 aromatic carbocycles. The van der Waals surface area contributed by atoms with Crippen molar-refractivity contribution in [3.05, 3.63) is 36.2 Å². The Morgan fingerprint density at radius 1 is 1.07 bits per heavy atom. The number of aryl methyl sites for hydroxylation is 1. The summed E-state index contributed by atoms with van der Waals surface area (Å²) in [6.07, 6.45) is 2.12. The van der Waals surface area contributed by atoms with Crippen LogP contribution in [-0.2, 0) is 6.18 Å². The molecule has 0 spiro atoms. The molecule has 0 radical (unpaired) electrons. The first kappa shape index (κ1) is 18.1. The van der Waals surface area contributed by atoms with E-state index in [0.717, 1.165) is 37.1 Å². The molecule has 152 valence electrons. The summed E-state index contributed by atoms with van der Waals surface area (Å²) in [6.45, 7) is 3.88. The van der Waals surface area contributed by atoms with Gasteiger partial charge in [0.1, 0.15) is 11.5 Å². The molecule has 3 aromatic heterocycles. The molecule has 3 aromatic rings. The van der Waals surface area contributed by atoms with Crippen LogP contribution in [0.3, 0.4) is 0 Å². The average molecular weight is 404 g/mol. The molecule has 2 saturated heterocycles. The van der Waals surface area contributed by atoms with E-state index in [-0.39, 0.29) is 12.0 Å². The Morgan fingerprint density at radius 2 is 1.90 bits per heavy atom. The van der Waals surface area contributed by atoms with Crippen LogP contribution in [0.4, 0.5) is 24.9 Å². The van der Waals surface area contributed by atoms with Gasteiger partial charge in [-0.2, -0.15) is 13.2 Å². The van der Waals surface area contributed by atoms with Crippen LogP contribution in [-0.4, -0.2) is 55.2 Å². The average Bonchev–Trinajstić information content (AvgIpc) is 3.31. The minimum atomic E-state index is -4.49. The van der Waals surface area contributed by atoms with E-state index in [1.807, 2.05) is 22.4 Å². The van der Waals surface area contributed by atoms with Crippen LogP contribution in [0.2, 0.25) is 0 Å². The highest BCUT2D eigenvalue weighted by Gasteiger charge is 2.41. The third kappa shape index (κ3) is 3.04. The van der Waals surface area contributed by atoms with E-state index in [9.17, 15) is 13.2 Å². The van der Waals surface area contributed by atoms with Crippen molar-refractivity contribution in [3.8, 4) is 0 Å². The molecule has 5 heterocycles. The van der Waals surface area contributed by atoms with Crippen LogP contribution in [0.25, 0.3) is 5.65 Å². The molecule has 8 nitrogen and oxygen atoms in total. The van der Waals surface area contributed by atoms with Crippen molar-refractivity contribution in [1.82, 2.24) is 29.5 Å². The zero-order valence-electron chi connectivity index (χ0n) is 15.7. The second-order valence-electron chi connectivity index (χ2n) is 7.48. The zero-order chi connectivity index (χ0) is 20.2. The van der Waals surface area contributed by atoms with Crippen molar-refractivity contribution in [3.63, 3.8) is 0 Å². The quantitative estimate of drug-likeness (QED) is 0.649. The monoisotopic (exact) mass is 404 g/mol. The van der Waals surface area contributed by atoms with Crippen molar-refractivity contribution >= 4 is 17.4 Å². The lowest BCUT2D eigenvalue weighted by atomic mass is 9.92. The minimum Gasteiger partial charge on any atom is -0.348 e. The Bertz CT molecular complexity index is 1050. The van der Waals surface area contributed by atoms with Crippen LogP contribution in [0.1, 0.15) is 24.4 Å². The largest absolute Gasteiger partial charge is 0.433 e. The van der Waals surface area contributed by atoms with Crippen molar-refractivity contribution in [2.45, 2.75) is 32.0 Å². The van der Waals surface area contributed by atoms with Gasteiger partial charge >= 0.3 is 6.18 Å². The van der Waals surface area contributed by atoms with Gasteiger partial charge in [-0.3, -0.25) is 4.40 Å². The fourth-order valence-corrected chi connectivity index (χ4v) is 4.38. The maximum absolute atomic E-state index is 13.0. The molecule has 2 fully saturated rings. The van der Waals surface area contributed by atoms with Crippen LogP contribution < -0.4 is 9.80 Å². The van der Waals surface area contributed by atoms with Crippen molar-refractivity contribution in [2.75, 3.05) is 29.4 Å². The van der Waals surface area contributed by atoms with Gasteiger partial charge in [0.2, 0.25) is 11.6 Å². The summed E-state index contributed by atoms with van der Waals surface area (Å²) < 4.78 is 41.0. The lowest BCUT2D eigenvalue weighted by molar-refractivity contribution is -0.141. The van der Waals surface area contributed by atoms with E-state index in [1.54, 1.807) is 6.20 Å². The molecule has 0 aliphatic carbocycles. The normalized spacial score (nSPS) is 22.3. The van der Waals surface area contributed by atoms with Gasteiger partial charge in [-0.15, -0.1) is 10.2 Å². The molecule has 0 bridgehead atoms. The van der Waals surface area contributed by atoms with Gasteiger partial charge in [-0.1, -0.05) is 0 Å². The molecule has 2 unspecified atom stereocenters. The second kappa shape index (κ2) is 6.53. The number of hydrogen-bond donors (Lipinski definition) is 0. The minimum absolute atomic E-state index is 0.109. The first-order valence-corrected chi connectivity index (χ1v) is 9.50. The first-order chi connectivity index (χ1) is 13.9. The van der Waals surface area contributed by atoms with Crippen LogP contribution >= 0.6 is 0 Å². The Balaban J connectivity index is 1.45. The summed E-state index contributed by atoms with van der Waals surface area (Å²) in [6, 6.07) is 1.01. The molecule has 11 heteroatoms. The summed E-state index contributed by atoms with van der Waals surface area (Å²) in [7, 11) is 0. The third-order valence-electron chi connectivity index (χ3n) is 5.83. The molecule has 0 amide bonds. The number of hydrogen-bond acceptors (Lipinski definition) is 7. The number of halogens is 3. The summed E-state index contributed by atoms with van der Waals surface area (Å²) in [5.41, 5.74) is -0.226. The first-order valence-electron chi connectivity index (χ1n) is 9.50. The topological polar surface area (TPSA) is 75.3 Å². The summed E-state index contributed by atoms with van der Waals surface area (Å²) >= 11 is 0. The predicted molar refractivity (Wildman–Crippen MR) is 98.6 cm³/mol. The molecule has 2 atom stereocenters. The van der Waals surface area contributed by atoms with E-state index >= 15 is 0 Å². The summed E-state index contributed by atoms with van der Waals surface area (Å²) in [5.74, 6) is 2.10. The number of rotatable bonds is 2. The van der Waals surface area contributed by atoms with E-state index in [4.69, 9.17) is 0 Å². The smallest absolute Gasteiger partial charge is 0.348 e.